The molecule has 1 heterocycles. The standard InChI is InChI=1S/C38H42N4O5/c1-37(2,3)23-15-24(38(4,5)6)17-26(16-23)41-31-11-9-25(18-28(31)29-19-27(43)10-12-33(29)44)42-36-30-20-34(46-8)35(47-14-13-45-7)21-32(30)39-22-40-36/h9-12,15-22,41H,13-14H2,1-8H3,(H,39,40,42). The van der Waals surface area contributed by atoms with Crippen LogP contribution in [0.3, 0.4) is 0 Å². The topological polar surface area (TPSA) is 112 Å². The number of ether oxygens (including phenoxy) is 3. The summed E-state index contributed by atoms with van der Waals surface area (Å²) in [5.74, 6) is 1.12. The smallest absolute Gasteiger partial charge is 0.186 e. The van der Waals surface area contributed by atoms with Crippen molar-refractivity contribution in [3.63, 3.8) is 0 Å². The van der Waals surface area contributed by atoms with E-state index in [4.69, 9.17) is 14.2 Å². The molecule has 1 aromatic heterocycles. The Morgan fingerprint density at radius 1 is 0.745 bits per heavy atom. The van der Waals surface area contributed by atoms with Crippen LogP contribution in [0, 0.1) is 0 Å². The predicted octanol–water partition coefficient (Wildman–Crippen LogP) is 7.84. The number of carbonyl (C=O) groups is 2. The number of rotatable bonds is 10. The van der Waals surface area contributed by atoms with Crippen molar-refractivity contribution < 1.29 is 23.8 Å². The molecule has 0 spiro atoms. The van der Waals surface area contributed by atoms with E-state index in [1.54, 1.807) is 20.3 Å². The highest BCUT2D eigenvalue weighted by Gasteiger charge is 2.23. The largest absolute Gasteiger partial charge is 0.493 e. The molecule has 0 amide bonds. The highest BCUT2D eigenvalue weighted by Crippen LogP contribution is 2.38. The quantitative estimate of drug-likeness (QED) is 0.133. The maximum atomic E-state index is 13.1. The molecule has 0 aliphatic heterocycles. The van der Waals surface area contributed by atoms with Crippen LogP contribution in [0.5, 0.6) is 11.5 Å². The molecule has 0 saturated carbocycles. The van der Waals surface area contributed by atoms with Crippen molar-refractivity contribution in [1.29, 1.82) is 0 Å². The summed E-state index contributed by atoms with van der Waals surface area (Å²) in [6.45, 7) is 13.9. The lowest BCUT2D eigenvalue weighted by atomic mass is 9.80. The number of nitrogens with zero attached hydrogens (tertiary/aromatic N) is 2. The van der Waals surface area contributed by atoms with Gasteiger partial charge in [-0.1, -0.05) is 47.6 Å². The first-order valence-corrected chi connectivity index (χ1v) is 15.5. The first-order valence-electron chi connectivity index (χ1n) is 15.5. The van der Waals surface area contributed by atoms with Crippen molar-refractivity contribution in [2.75, 3.05) is 38.1 Å². The molecule has 0 fully saturated rings. The number of ketones is 2. The van der Waals surface area contributed by atoms with Crippen LogP contribution in [0.15, 0.2) is 73.1 Å². The number of hydrogen-bond donors (Lipinski definition) is 2. The average molecular weight is 635 g/mol. The van der Waals surface area contributed by atoms with Crippen LogP contribution in [0.4, 0.5) is 22.9 Å². The second-order valence-corrected chi connectivity index (χ2v) is 13.6. The molecule has 244 valence electrons. The Balaban J connectivity index is 1.57. The van der Waals surface area contributed by atoms with Crippen molar-refractivity contribution in [3.8, 4) is 11.5 Å². The lowest BCUT2D eigenvalue weighted by Gasteiger charge is -2.27. The summed E-state index contributed by atoms with van der Waals surface area (Å²) in [5.41, 5.74) is 6.03. The van der Waals surface area contributed by atoms with Gasteiger partial charge in [-0.15, -0.1) is 0 Å². The third-order valence-corrected chi connectivity index (χ3v) is 7.93. The third-order valence-electron chi connectivity index (χ3n) is 7.93. The maximum absolute atomic E-state index is 13.1. The van der Waals surface area contributed by atoms with Crippen LogP contribution in [0.2, 0.25) is 0 Å². The van der Waals surface area contributed by atoms with Crippen LogP contribution >= 0.6 is 0 Å². The number of aromatic nitrogens is 2. The van der Waals surface area contributed by atoms with E-state index in [9.17, 15) is 9.59 Å². The highest BCUT2D eigenvalue weighted by molar-refractivity contribution is 6.34. The molecule has 0 radical (unpaired) electrons. The van der Waals surface area contributed by atoms with E-state index in [1.165, 1.54) is 35.7 Å². The fraction of sp³-hybridized carbons (Fsp3) is 0.316. The van der Waals surface area contributed by atoms with Gasteiger partial charge in [-0.05, 0) is 76.6 Å². The van der Waals surface area contributed by atoms with Crippen molar-refractivity contribution >= 4 is 50.9 Å². The minimum Gasteiger partial charge on any atom is -0.493 e. The minimum absolute atomic E-state index is 0.0762. The Morgan fingerprint density at radius 3 is 2.13 bits per heavy atom. The predicted molar refractivity (Wildman–Crippen MR) is 187 cm³/mol. The van der Waals surface area contributed by atoms with E-state index in [1.807, 2.05) is 24.3 Å². The Bertz CT molecular complexity index is 1860. The number of benzene rings is 3. The van der Waals surface area contributed by atoms with Crippen LogP contribution in [0.1, 0.15) is 58.2 Å². The molecular weight excluding hydrogens is 592 g/mol. The van der Waals surface area contributed by atoms with Gasteiger partial charge in [0.15, 0.2) is 23.1 Å². The molecule has 9 heteroatoms. The zero-order valence-electron chi connectivity index (χ0n) is 28.3. The van der Waals surface area contributed by atoms with Gasteiger partial charge in [0.25, 0.3) is 0 Å². The Kier molecular flexibility index (Phi) is 9.49. The number of allylic oxidation sites excluding steroid dienone is 4. The van der Waals surface area contributed by atoms with Gasteiger partial charge in [-0.25, -0.2) is 9.97 Å². The fourth-order valence-corrected chi connectivity index (χ4v) is 5.20. The number of anilines is 4. The molecule has 47 heavy (non-hydrogen) atoms. The minimum atomic E-state index is -0.248. The molecular formula is C38H42N4O5. The monoisotopic (exact) mass is 634 g/mol. The number of carbonyl (C=O) groups excluding carboxylic acids is 2. The van der Waals surface area contributed by atoms with Crippen LogP contribution < -0.4 is 20.1 Å². The summed E-state index contributed by atoms with van der Waals surface area (Å²) in [4.78, 5) is 34.6. The SMILES string of the molecule is COCCOc1cc2ncnc(Nc3ccc(Nc4cc(C(C)(C)C)cc(C(C)(C)C)c4)c(C4=CC(=O)C=CC4=O)c3)c2cc1OC. The Hall–Kier alpha value is -5.02. The number of nitrogens with one attached hydrogen (secondary N) is 2. The summed E-state index contributed by atoms with van der Waals surface area (Å²) in [5, 5.41) is 7.67. The van der Waals surface area contributed by atoms with Crippen LogP contribution in [-0.4, -0.2) is 49.0 Å². The molecule has 0 atom stereocenters. The maximum Gasteiger partial charge on any atom is 0.186 e. The summed E-state index contributed by atoms with van der Waals surface area (Å²) in [6, 6.07) is 15.8. The van der Waals surface area contributed by atoms with Crippen molar-refractivity contribution in [2.24, 2.45) is 0 Å². The Morgan fingerprint density at radius 2 is 1.47 bits per heavy atom. The zero-order chi connectivity index (χ0) is 33.9. The second-order valence-electron chi connectivity index (χ2n) is 13.6. The molecule has 9 nitrogen and oxygen atoms in total. The van der Waals surface area contributed by atoms with Gasteiger partial charge in [0, 0.05) is 46.8 Å². The van der Waals surface area contributed by atoms with Crippen molar-refractivity contribution in [2.45, 2.75) is 52.4 Å². The van der Waals surface area contributed by atoms with Gasteiger partial charge in [-0.3, -0.25) is 9.59 Å². The van der Waals surface area contributed by atoms with E-state index in [0.717, 1.165) is 5.69 Å². The number of methoxy groups -OCH3 is 2. The average Bonchev–Trinajstić information content (AvgIpc) is 3.02. The molecule has 3 aromatic carbocycles. The molecule has 0 unspecified atom stereocenters. The van der Waals surface area contributed by atoms with E-state index >= 15 is 0 Å². The molecule has 1 aliphatic carbocycles. The summed E-state index contributed by atoms with van der Waals surface area (Å²) in [6.07, 6.45) is 5.46. The zero-order valence-corrected chi connectivity index (χ0v) is 28.3. The molecule has 0 saturated heterocycles. The second kappa shape index (κ2) is 13.4. The van der Waals surface area contributed by atoms with Gasteiger partial charge in [-0.2, -0.15) is 0 Å². The molecule has 5 rings (SSSR count). The summed E-state index contributed by atoms with van der Waals surface area (Å²) >= 11 is 0. The number of fused-ring (bicyclic) bond motifs is 1. The van der Waals surface area contributed by atoms with E-state index in [-0.39, 0.29) is 22.4 Å². The lowest BCUT2D eigenvalue weighted by molar-refractivity contribution is -0.113. The third kappa shape index (κ3) is 7.69. The summed E-state index contributed by atoms with van der Waals surface area (Å²) in [7, 11) is 3.19. The van der Waals surface area contributed by atoms with Gasteiger partial charge in [0.1, 0.15) is 18.8 Å². The Labute approximate surface area is 276 Å². The van der Waals surface area contributed by atoms with E-state index in [2.05, 4.69) is 80.3 Å². The van der Waals surface area contributed by atoms with Crippen molar-refractivity contribution in [3.05, 3.63) is 89.8 Å². The lowest BCUT2D eigenvalue weighted by Crippen LogP contribution is -2.17. The van der Waals surface area contributed by atoms with Gasteiger partial charge in [0.05, 0.1) is 19.2 Å². The molecule has 2 N–H and O–H groups in total. The highest BCUT2D eigenvalue weighted by atomic mass is 16.5. The molecule has 0 bridgehead atoms. The van der Waals surface area contributed by atoms with E-state index < -0.39 is 0 Å². The van der Waals surface area contributed by atoms with Gasteiger partial charge in [0.2, 0.25) is 0 Å². The first-order chi connectivity index (χ1) is 22.3. The number of hydrogen-bond acceptors (Lipinski definition) is 9. The van der Waals surface area contributed by atoms with Crippen LogP contribution in [-0.2, 0) is 25.2 Å². The summed E-state index contributed by atoms with van der Waals surface area (Å²) < 4.78 is 16.5. The first kappa shape index (κ1) is 33.3. The molecule has 4 aromatic rings. The van der Waals surface area contributed by atoms with Crippen LogP contribution in [0.25, 0.3) is 16.5 Å². The van der Waals surface area contributed by atoms with E-state index in [0.29, 0.717) is 63.9 Å². The van der Waals surface area contributed by atoms with Gasteiger partial charge < -0.3 is 24.8 Å². The normalized spacial score (nSPS) is 13.5. The van der Waals surface area contributed by atoms with Gasteiger partial charge >= 0.3 is 0 Å². The fourth-order valence-electron chi connectivity index (χ4n) is 5.20. The van der Waals surface area contributed by atoms with Crippen molar-refractivity contribution in [1.82, 2.24) is 9.97 Å². The molecule has 1 aliphatic rings.